The Bertz CT molecular complexity index is 285. The number of rotatable bonds is 8. The Hall–Kier alpha value is -0.490. The zero-order chi connectivity index (χ0) is 11.8. The molecule has 1 heterocycles. The van der Waals surface area contributed by atoms with Gasteiger partial charge in [-0.25, -0.2) is 0 Å². The minimum absolute atomic E-state index is 0.0646. The molecular formula is C11H19NO3S. The molecule has 0 aliphatic heterocycles. The third kappa shape index (κ3) is 4.57. The van der Waals surface area contributed by atoms with Gasteiger partial charge in [-0.2, -0.15) is 11.8 Å². The van der Waals surface area contributed by atoms with Crippen LogP contribution in [0.25, 0.3) is 0 Å². The van der Waals surface area contributed by atoms with Crippen molar-refractivity contribution in [2.45, 2.75) is 25.6 Å². The maximum Gasteiger partial charge on any atom is 0.129 e. The maximum absolute atomic E-state index is 8.90. The fraction of sp³-hybridized carbons (Fsp3) is 0.636. The minimum Gasteiger partial charge on any atom is -0.462 e. The second kappa shape index (κ2) is 7.73. The van der Waals surface area contributed by atoms with Crippen LogP contribution in [-0.2, 0) is 13.2 Å². The zero-order valence-electron chi connectivity index (χ0n) is 9.48. The van der Waals surface area contributed by atoms with Crippen LogP contribution in [0.4, 0.5) is 0 Å². The molecule has 1 aromatic heterocycles. The zero-order valence-corrected chi connectivity index (χ0v) is 10.3. The third-order valence-electron chi connectivity index (χ3n) is 2.28. The lowest BCUT2D eigenvalue weighted by atomic mass is 10.2. The summed E-state index contributed by atoms with van der Waals surface area (Å²) in [5.41, 5.74) is 0. The first kappa shape index (κ1) is 13.6. The van der Waals surface area contributed by atoms with E-state index in [9.17, 15) is 0 Å². The number of hydrogen-bond donors (Lipinski definition) is 3. The van der Waals surface area contributed by atoms with Crippen molar-refractivity contribution < 1.29 is 14.6 Å². The summed E-state index contributed by atoms with van der Waals surface area (Å²) >= 11 is 1.75. The molecule has 0 fully saturated rings. The predicted molar refractivity (Wildman–Crippen MR) is 65.3 cm³/mol. The van der Waals surface area contributed by atoms with Gasteiger partial charge in [0, 0.05) is 18.4 Å². The van der Waals surface area contributed by atoms with E-state index in [-0.39, 0.29) is 13.2 Å². The van der Waals surface area contributed by atoms with Gasteiger partial charge in [0.15, 0.2) is 0 Å². The molecule has 0 aromatic carbocycles. The Morgan fingerprint density at radius 2 is 2.12 bits per heavy atom. The lowest BCUT2D eigenvalue weighted by molar-refractivity contribution is 0.241. The molecule has 0 saturated heterocycles. The largest absolute Gasteiger partial charge is 0.462 e. The van der Waals surface area contributed by atoms with Crippen molar-refractivity contribution >= 4 is 11.8 Å². The molecule has 4 nitrogen and oxygen atoms in total. The number of furan rings is 1. The smallest absolute Gasteiger partial charge is 0.129 e. The van der Waals surface area contributed by atoms with E-state index >= 15 is 0 Å². The van der Waals surface area contributed by atoms with Crippen LogP contribution in [0.5, 0.6) is 0 Å². The van der Waals surface area contributed by atoms with Crippen LogP contribution in [0.1, 0.15) is 17.9 Å². The van der Waals surface area contributed by atoms with Gasteiger partial charge in [-0.3, -0.25) is 0 Å². The van der Waals surface area contributed by atoms with E-state index in [4.69, 9.17) is 14.6 Å². The number of aliphatic hydroxyl groups is 2. The summed E-state index contributed by atoms with van der Waals surface area (Å²) < 4.78 is 5.36. The summed E-state index contributed by atoms with van der Waals surface area (Å²) in [6, 6.07) is 3.92. The second-order valence-electron chi connectivity index (χ2n) is 3.57. The topological polar surface area (TPSA) is 65.6 Å². The van der Waals surface area contributed by atoms with Gasteiger partial charge >= 0.3 is 0 Å². The summed E-state index contributed by atoms with van der Waals surface area (Å²) in [5, 5.41) is 21.1. The summed E-state index contributed by atoms with van der Waals surface area (Å²) in [7, 11) is 0. The van der Waals surface area contributed by atoms with Gasteiger partial charge in [0.05, 0.1) is 6.54 Å². The first-order valence-electron chi connectivity index (χ1n) is 5.31. The van der Waals surface area contributed by atoms with Gasteiger partial charge in [-0.15, -0.1) is 0 Å². The third-order valence-corrected chi connectivity index (χ3v) is 3.02. The molecule has 0 amide bonds. The maximum atomic E-state index is 8.90. The molecule has 1 atom stereocenters. The number of hydrogen-bond acceptors (Lipinski definition) is 5. The van der Waals surface area contributed by atoms with Crippen molar-refractivity contribution in [3.05, 3.63) is 23.7 Å². The fourth-order valence-electron chi connectivity index (χ4n) is 1.45. The van der Waals surface area contributed by atoms with Crippen LogP contribution in [0, 0.1) is 0 Å². The van der Waals surface area contributed by atoms with Crippen molar-refractivity contribution in [1.29, 1.82) is 0 Å². The van der Waals surface area contributed by atoms with Gasteiger partial charge in [0.2, 0.25) is 0 Å². The molecule has 1 rings (SSSR count). The van der Waals surface area contributed by atoms with E-state index in [1.54, 1.807) is 17.8 Å². The summed E-state index contributed by atoms with van der Waals surface area (Å²) in [6.45, 7) is 0.758. The number of aliphatic hydroxyl groups excluding tert-OH is 2. The molecule has 1 unspecified atom stereocenters. The molecule has 0 aliphatic carbocycles. The number of thioether (sulfide) groups is 1. The van der Waals surface area contributed by atoms with Crippen LogP contribution < -0.4 is 5.32 Å². The second-order valence-corrected chi connectivity index (χ2v) is 4.48. The lowest BCUT2D eigenvalue weighted by Gasteiger charge is -2.15. The highest BCUT2D eigenvalue weighted by molar-refractivity contribution is 7.98. The van der Waals surface area contributed by atoms with Crippen LogP contribution in [0.15, 0.2) is 16.5 Å². The van der Waals surface area contributed by atoms with E-state index < -0.39 is 0 Å². The van der Waals surface area contributed by atoms with Crippen LogP contribution in [0.3, 0.4) is 0 Å². The molecule has 5 heteroatoms. The van der Waals surface area contributed by atoms with Gasteiger partial charge in [-0.05, 0) is 24.8 Å². The standard InChI is InChI=1S/C11H19NO3S/c1-16-8-9(4-5-13)12-6-10-2-3-11(7-14)15-10/h2-3,9,12-14H,4-8H2,1H3. The molecule has 16 heavy (non-hydrogen) atoms. The van der Waals surface area contributed by atoms with Crippen LogP contribution in [0.2, 0.25) is 0 Å². The van der Waals surface area contributed by atoms with Crippen molar-refractivity contribution in [3.63, 3.8) is 0 Å². The molecule has 0 saturated carbocycles. The molecule has 3 N–H and O–H groups in total. The highest BCUT2D eigenvalue weighted by atomic mass is 32.2. The molecular weight excluding hydrogens is 226 g/mol. The molecule has 0 radical (unpaired) electrons. The van der Waals surface area contributed by atoms with Gasteiger partial charge < -0.3 is 19.9 Å². The Labute approximate surface area is 100 Å². The average molecular weight is 245 g/mol. The van der Waals surface area contributed by atoms with Crippen molar-refractivity contribution in [1.82, 2.24) is 5.32 Å². The Balaban J connectivity index is 2.35. The first-order valence-corrected chi connectivity index (χ1v) is 6.71. The van der Waals surface area contributed by atoms with E-state index in [0.717, 1.165) is 17.9 Å². The molecule has 0 spiro atoms. The Morgan fingerprint density at radius 3 is 2.69 bits per heavy atom. The molecule has 0 bridgehead atoms. The molecule has 1 aromatic rings. The van der Waals surface area contributed by atoms with Crippen molar-refractivity contribution in [2.24, 2.45) is 0 Å². The minimum atomic E-state index is -0.0646. The van der Waals surface area contributed by atoms with Crippen LogP contribution >= 0.6 is 11.8 Å². The van der Waals surface area contributed by atoms with E-state index in [0.29, 0.717) is 18.3 Å². The van der Waals surface area contributed by atoms with Crippen molar-refractivity contribution in [2.75, 3.05) is 18.6 Å². The fourth-order valence-corrected chi connectivity index (χ4v) is 2.14. The molecule has 92 valence electrons. The molecule has 0 aliphatic rings. The Kier molecular flexibility index (Phi) is 6.56. The van der Waals surface area contributed by atoms with E-state index in [2.05, 4.69) is 5.32 Å². The Morgan fingerprint density at radius 1 is 1.38 bits per heavy atom. The van der Waals surface area contributed by atoms with Crippen molar-refractivity contribution in [3.8, 4) is 0 Å². The van der Waals surface area contributed by atoms with Gasteiger partial charge in [0.25, 0.3) is 0 Å². The first-order chi connectivity index (χ1) is 7.80. The highest BCUT2D eigenvalue weighted by Gasteiger charge is 2.08. The lowest BCUT2D eigenvalue weighted by Crippen LogP contribution is -2.31. The summed E-state index contributed by atoms with van der Waals surface area (Å²) in [5.74, 6) is 2.36. The van der Waals surface area contributed by atoms with Crippen LogP contribution in [-0.4, -0.2) is 34.9 Å². The SMILES string of the molecule is CSCC(CCO)NCc1ccc(CO)o1. The highest BCUT2D eigenvalue weighted by Crippen LogP contribution is 2.09. The van der Waals surface area contributed by atoms with Gasteiger partial charge in [0.1, 0.15) is 18.1 Å². The monoisotopic (exact) mass is 245 g/mol. The van der Waals surface area contributed by atoms with E-state index in [1.165, 1.54) is 0 Å². The summed E-state index contributed by atoms with van der Waals surface area (Å²) in [4.78, 5) is 0. The normalized spacial score (nSPS) is 12.9. The quantitative estimate of drug-likeness (QED) is 0.637. The van der Waals surface area contributed by atoms with Gasteiger partial charge in [-0.1, -0.05) is 0 Å². The van der Waals surface area contributed by atoms with E-state index in [1.807, 2.05) is 12.3 Å². The summed E-state index contributed by atoms with van der Waals surface area (Å²) in [6.07, 6.45) is 2.79. The predicted octanol–water partition coefficient (Wildman–Crippen LogP) is 0.976. The number of nitrogens with one attached hydrogen (secondary N) is 1. The average Bonchev–Trinajstić information content (AvgIpc) is 2.74.